The molecule has 0 spiro atoms. The number of hydrogen-bond donors (Lipinski definition) is 0. The van der Waals surface area contributed by atoms with Gasteiger partial charge in [-0.05, 0) is 29.8 Å². The van der Waals surface area contributed by atoms with Gasteiger partial charge in [-0.15, -0.1) is 0 Å². The summed E-state index contributed by atoms with van der Waals surface area (Å²) in [6.45, 7) is 0.450. The highest BCUT2D eigenvalue weighted by Crippen LogP contribution is 2.32. The molecule has 1 amide bonds. The highest BCUT2D eigenvalue weighted by Gasteiger charge is 2.34. The summed E-state index contributed by atoms with van der Waals surface area (Å²) in [6, 6.07) is 14.3. The van der Waals surface area contributed by atoms with Gasteiger partial charge in [0, 0.05) is 31.0 Å². The first-order chi connectivity index (χ1) is 13.4. The maximum absolute atomic E-state index is 12.9. The quantitative estimate of drug-likeness (QED) is 0.671. The lowest BCUT2D eigenvalue weighted by molar-refractivity contribution is -0.137. The normalized spacial score (nSPS) is 17.3. The molecule has 1 saturated heterocycles. The first-order valence-corrected chi connectivity index (χ1v) is 8.73. The van der Waals surface area contributed by atoms with Gasteiger partial charge in [0.15, 0.2) is 5.82 Å². The van der Waals surface area contributed by atoms with E-state index in [1.54, 1.807) is 6.07 Å². The number of nitrogens with zero attached hydrogens (tertiary/aromatic N) is 3. The molecule has 0 bridgehead atoms. The molecule has 8 heteroatoms. The fourth-order valence-electron chi connectivity index (χ4n) is 3.26. The minimum atomic E-state index is -4.41. The molecule has 4 rings (SSSR count). The Balaban J connectivity index is 1.47. The Morgan fingerprint density at radius 1 is 1.11 bits per heavy atom. The van der Waals surface area contributed by atoms with Gasteiger partial charge >= 0.3 is 6.18 Å². The molecule has 0 radical (unpaired) electrons. The van der Waals surface area contributed by atoms with Gasteiger partial charge < -0.3 is 9.42 Å². The summed E-state index contributed by atoms with van der Waals surface area (Å²) in [5, 5.41) is 3.98. The molecule has 144 valence electrons. The second-order valence-electron chi connectivity index (χ2n) is 6.70. The molecule has 1 aliphatic heterocycles. The number of alkyl halides is 3. The van der Waals surface area contributed by atoms with Crippen molar-refractivity contribution >= 4 is 5.91 Å². The molecule has 28 heavy (non-hydrogen) atoms. The van der Waals surface area contributed by atoms with Gasteiger partial charge in [-0.1, -0.05) is 35.5 Å². The van der Waals surface area contributed by atoms with E-state index in [4.69, 9.17) is 4.52 Å². The van der Waals surface area contributed by atoms with Crippen LogP contribution in [-0.2, 0) is 17.5 Å². The van der Waals surface area contributed by atoms with Gasteiger partial charge in [0.1, 0.15) is 0 Å². The lowest BCUT2D eigenvalue weighted by Gasteiger charge is -2.17. The standard InChI is InChI=1S/C20H16F3N3O2/c21-20(22,23)16-8-4-5-13(9-16)11-26-12-15(10-17(26)27)18-24-19(28-25-18)14-6-2-1-3-7-14/h1-9,15H,10-12H2. The third-order valence-electron chi connectivity index (χ3n) is 4.67. The van der Waals surface area contributed by atoms with Gasteiger partial charge in [0.2, 0.25) is 5.91 Å². The topological polar surface area (TPSA) is 59.2 Å². The van der Waals surface area contributed by atoms with Crippen molar-refractivity contribution in [3.05, 3.63) is 71.5 Å². The third-order valence-corrected chi connectivity index (χ3v) is 4.67. The molecule has 1 unspecified atom stereocenters. The van der Waals surface area contributed by atoms with E-state index < -0.39 is 11.7 Å². The van der Waals surface area contributed by atoms with Crippen molar-refractivity contribution in [3.63, 3.8) is 0 Å². The van der Waals surface area contributed by atoms with Crippen molar-refractivity contribution in [2.75, 3.05) is 6.54 Å². The van der Waals surface area contributed by atoms with Crippen LogP contribution in [-0.4, -0.2) is 27.5 Å². The Kier molecular flexibility index (Phi) is 4.62. The molecule has 1 aliphatic rings. The number of halogens is 3. The monoisotopic (exact) mass is 387 g/mol. The van der Waals surface area contributed by atoms with Crippen LogP contribution in [0.1, 0.15) is 29.3 Å². The molecule has 0 saturated carbocycles. The first kappa shape index (κ1) is 18.2. The van der Waals surface area contributed by atoms with E-state index in [1.807, 2.05) is 30.3 Å². The van der Waals surface area contributed by atoms with Crippen LogP contribution in [0.15, 0.2) is 59.1 Å². The van der Waals surface area contributed by atoms with Gasteiger partial charge in [0.25, 0.3) is 5.89 Å². The molecule has 1 aromatic heterocycles. The predicted molar refractivity (Wildman–Crippen MR) is 94.0 cm³/mol. The van der Waals surface area contributed by atoms with E-state index in [-0.39, 0.29) is 24.8 Å². The first-order valence-electron chi connectivity index (χ1n) is 8.73. The lowest BCUT2D eigenvalue weighted by atomic mass is 10.1. The molecular formula is C20H16F3N3O2. The zero-order valence-electron chi connectivity index (χ0n) is 14.7. The number of amides is 1. The van der Waals surface area contributed by atoms with E-state index in [0.29, 0.717) is 23.8 Å². The van der Waals surface area contributed by atoms with Crippen molar-refractivity contribution in [2.45, 2.75) is 25.1 Å². The fraction of sp³-hybridized carbons (Fsp3) is 0.250. The third kappa shape index (κ3) is 3.76. The number of benzene rings is 2. The second-order valence-corrected chi connectivity index (χ2v) is 6.70. The maximum atomic E-state index is 12.9. The Hall–Kier alpha value is -3.16. The van der Waals surface area contributed by atoms with Crippen LogP contribution in [0.4, 0.5) is 13.2 Å². The number of rotatable bonds is 4. The Labute approximate surface area is 158 Å². The molecule has 1 atom stereocenters. The van der Waals surface area contributed by atoms with Gasteiger partial charge in [0.05, 0.1) is 5.56 Å². The van der Waals surface area contributed by atoms with Crippen molar-refractivity contribution in [3.8, 4) is 11.5 Å². The van der Waals surface area contributed by atoms with Crippen LogP contribution in [0.2, 0.25) is 0 Å². The average molecular weight is 387 g/mol. The minimum Gasteiger partial charge on any atom is -0.338 e. The van der Waals surface area contributed by atoms with E-state index in [1.165, 1.54) is 11.0 Å². The summed E-state index contributed by atoms with van der Waals surface area (Å²) < 4.78 is 43.9. The van der Waals surface area contributed by atoms with Gasteiger partial charge in [-0.2, -0.15) is 18.2 Å². The van der Waals surface area contributed by atoms with Crippen LogP contribution < -0.4 is 0 Å². The SMILES string of the molecule is O=C1CC(c2noc(-c3ccccc3)n2)CN1Cc1cccc(C(F)(F)F)c1. The fourth-order valence-corrected chi connectivity index (χ4v) is 3.26. The maximum Gasteiger partial charge on any atom is 0.416 e. The van der Waals surface area contributed by atoms with Crippen LogP contribution in [0.5, 0.6) is 0 Å². The molecule has 2 heterocycles. The number of carbonyl (C=O) groups excluding carboxylic acids is 1. The summed E-state index contributed by atoms with van der Waals surface area (Å²) in [6.07, 6.45) is -4.21. The highest BCUT2D eigenvalue weighted by atomic mass is 19.4. The molecule has 0 aliphatic carbocycles. The summed E-state index contributed by atoms with van der Waals surface area (Å²) in [5.74, 6) is 0.408. The van der Waals surface area contributed by atoms with Gasteiger partial charge in [-0.25, -0.2) is 0 Å². The molecule has 1 fully saturated rings. The van der Waals surface area contributed by atoms with Crippen LogP contribution >= 0.6 is 0 Å². The van der Waals surface area contributed by atoms with E-state index >= 15 is 0 Å². The number of aromatic nitrogens is 2. The average Bonchev–Trinajstić information content (AvgIpc) is 3.30. The zero-order chi connectivity index (χ0) is 19.7. The molecular weight excluding hydrogens is 371 g/mol. The number of carbonyl (C=O) groups is 1. The lowest BCUT2D eigenvalue weighted by Crippen LogP contribution is -2.24. The van der Waals surface area contributed by atoms with Crippen molar-refractivity contribution < 1.29 is 22.5 Å². The van der Waals surface area contributed by atoms with E-state index in [2.05, 4.69) is 10.1 Å². The largest absolute Gasteiger partial charge is 0.416 e. The molecule has 0 N–H and O–H groups in total. The van der Waals surface area contributed by atoms with Crippen LogP contribution in [0.25, 0.3) is 11.5 Å². The predicted octanol–water partition coefficient (Wildman–Crippen LogP) is 4.27. The second kappa shape index (κ2) is 7.10. The van der Waals surface area contributed by atoms with E-state index in [9.17, 15) is 18.0 Å². The number of likely N-dealkylation sites (tertiary alicyclic amines) is 1. The Bertz CT molecular complexity index is 986. The van der Waals surface area contributed by atoms with Crippen molar-refractivity contribution in [2.24, 2.45) is 0 Å². The Morgan fingerprint density at radius 3 is 2.64 bits per heavy atom. The molecule has 3 aromatic rings. The van der Waals surface area contributed by atoms with E-state index in [0.717, 1.165) is 17.7 Å². The minimum absolute atomic E-state index is 0.114. The molecule has 5 nitrogen and oxygen atoms in total. The summed E-state index contributed by atoms with van der Waals surface area (Å²) in [7, 11) is 0. The van der Waals surface area contributed by atoms with Crippen LogP contribution in [0, 0.1) is 0 Å². The zero-order valence-corrected chi connectivity index (χ0v) is 14.7. The smallest absolute Gasteiger partial charge is 0.338 e. The van der Waals surface area contributed by atoms with Crippen LogP contribution in [0.3, 0.4) is 0 Å². The van der Waals surface area contributed by atoms with Crippen molar-refractivity contribution in [1.29, 1.82) is 0 Å². The summed E-state index contributed by atoms with van der Waals surface area (Å²) in [4.78, 5) is 18.2. The summed E-state index contributed by atoms with van der Waals surface area (Å²) >= 11 is 0. The van der Waals surface area contributed by atoms with Crippen molar-refractivity contribution in [1.82, 2.24) is 15.0 Å². The number of hydrogen-bond acceptors (Lipinski definition) is 4. The Morgan fingerprint density at radius 2 is 1.89 bits per heavy atom. The molecule has 2 aromatic carbocycles. The summed E-state index contributed by atoms with van der Waals surface area (Å²) in [5.41, 5.74) is 0.493. The van der Waals surface area contributed by atoms with Gasteiger partial charge in [-0.3, -0.25) is 4.79 Å². The highest BCUT2D eigenvalue weighted by molar-refractivity contribution is 5.79.